The summed E-state index contributed by atoms with van der Waals surface area (Å²) in [5.74, 6) is -0.941. The molecular formula is C12H12N2O3. The number of carboxylic acid groups (broad SMARTS) is 1. The van der Waals surface area contributed by atoms with Crippen molar-refractivity contribution in [3.8, 4) is 5.75 Å². The highest BCUT2D eigenvalue weighted by molar-refractivity contribution is 6.13. The van der Waals surface area contributed by atoms with E-state index in [1.54, 1.807) is 24.3 Å². The molecule has 1 aromatic rings. The second-order valence-electron chi connectivity index (χ2n) is 3.57. The van der Waals surface area contributed by atoms with Crippen molar-refractivity contribution in [2.75, 3.05) is 13.1 Å². The molecule has 1 heterocycles. The lowest BCUT2D eigenvalue weighted by Crippen LogP contribution is -2.21. The molecule has 88 valence electrons. The summed E-state index contributed by atoms with van der Waals surface area (Å²) in [6, 6.07) is 6.72. The van der Waals surface area contributed by atoms with Gasteiger partial charge in [-0.1, -0.05) is 12.1 Å². The number of hydrogen-bond acceptors (Lipinski definition) is 4. The Balaban J connectivity index is 2.43. The summed E-state index contributed by atoms with van der Waals surface area (Å²) >= 11 is 0. The number of benzene rings is 1. The Morgan fingerprint density at radius 1 is 1.35 bits per heavy atom. The highest BCUT2D eigenvalue weighted by Crippen LogP contribution is 2.18. The van der Waals surface area contributed by atoms with Gasteiger partial charge in [-0.25, -0.2) is 4.79 Å². The molecule has 0 saturated carbocycles. The van der Waals surface area contributed by atoms with Gasteiger partial charge in [0, 0.05) is 12.1 Å². The van der Waals surface area contributed by atoms with Crippen molar-refractivity contribution < 1.29 is 15.0 Å². The van der Waals surface area contributed by atoms with E-state index in [1.165, 1.54) is 6.08 Å². The summed E-state index contributed by atoms with van der Waals surface area (Å²) in [5.41, 5.74) is 1.10. The number of phenolic OH excluding ortho intramolecular Hbond substituents is 1. The van der Waals surface area contributed by atoms with Gasteiger partial charge in [0.1, 0.15) is 11.4 Å². The molecule has 0 radical (unpaired) electrons. The minimum absolute atomic E-state index is 0.0875. The molecule has 1 aliphatic rings. The number of aliphatic imine (C=N–C) groups is 1. The van der Waals surface area contributed by atoms with Crippen molar-refractivity contribution >= 4 is 11.7 Å². The third kappa shape index (κ3) is 2.44. The van der Waals surface area contributed by atoms with Crippen LogP contribution in [0.15, 0.2) is 41.0 Å². The average molecular weight is 232 g/mol. The summed E-state index contributed by atoms with van der Waals surface area (Å²) in [7, 11) is 0. The van der Waals surface area contributed by atoms with Gasteiger partial charge in [0.25, 0.3) is 0 Å². The monoisotopic (exact) mass is 232 g/mol. The van der Waals surface area contributed by atoms with E-state index in [1.807, 2.05) is 0 Å². The van der Waals surface area contributed by atoms with E-state index in [0.717, 1.165) is 0 Å². The minimum Gasteiger partial charge on any atom is -0.507 e. The Kier molecular flexibility index (Phi) is 3.09. The third-order valence-corrected chi connectivity index (χ3v) is 2.40. The lowest BCUT2D eigenvalue weighted by Gasteiger charge is -2.04. The molecule has 0 unspecified atom stereocenters. The predicted molar refractivity (Wildman–Crippen MR) is 63.2 cm³/mol. The van der Waals surface area contributed by atoms with Crippen molar-refractivity contribution in [2.45, 2.75) is 0 Å². The van der Waals surface area contributed by atoms with Crippen LogP contribution in [0.3, 0.4) is 0 Å². The molecule has 0 atom stereocenters. The maximum Gasteiger partial charge on any atom is 0.352 e. The Morgan fingerprint density at radius 3 is 2.82 bits per heavy atom. The first-order valence-electron chi connectivity index (χ1n) is 5.20. The number of nitrogens with one attached hydrogen (secondary N) is 1. The highest BCUT2D eigenvalue weighted by Gasteiger charge is 2.14. The number of allylic oxidation sites excluding steroid dienone is 1. The van der Waals surface area contributed by atoms with Gasteiger partial charge in [0.2, 0.25) is 0 Å². The number of phenols is 1. The summed E-state index contributed by atoms with van der Waals surface area (Å²) in [4.78, 5) is 15.2. The van der Waals surface area contributed by atoms with E-state index >= 15 is 0 Å². The Labute approximate surface area is 98.1 Å². The van der Waals surface area contributed by atoms with E-state index in [-0.39, 0.29) is 11.4 Å². The topological polar surface area (TPSA) is 81.9 Å². The Hall–Kier alpha value is -2.30. The van der Waals surface area contributed by atoms with Gasteiger partial charge in [-0.15, -0.1) is 0 Å². The van der Waals surface area contributed by atoms with Gasteiger partial charge in [-0.2, -0.15) is 0 Å². The van der Waals surface area contributed by atoms with Gasteiger partial charge in [-0.3, -0.25) is 4.99 Å². The molecule has 0 aliphatic carbocycles. The molecule has 3 N–H and O–H groups in total. The predicted octanol–water partition coefficient (Wildman–Crippen LogP) is 0.753. The number of carbonyl (C=O) groups is 1. The quantitative estimate of drug-likeness (QED) is 0.702. The molecule has 17 heavy (non-hydrogen) atoms. The molecule has 0 aromatic heterocycles. The van der Waals surface area contributed by atoms with Crippen LogP contribution >= 0.6 is 0 Å². The first-order valence-corrected chi connectivity index (χ1v) is 5.20. The summed E-state index contributed by atoms with van der Waals surface area (Å²) in [6.07, 6.45) is 1.43. The van der Waals surface area contributed by atoms with E-state index in [2.05, 4.69) is 10.3 Å². The fourth-order valence-electron chi connectivity index (χ4n) is 1.59. The molecule has 5 nitrogen and oxygen atoms in total. The maximum atomic E-state index is 10.9. The van der Waals surface area contributed by atoms with Crippen molar-refractivity contribution in [2.24, 2.45) is 4.99 Å². The van der Waals surface area contributed by atoms with E-state index in [0.29, 0.717) is 24.4 Å². The number of aliphatic carboxylic acids is 1. The number of para-hydroxylation sites is 1. The SMILES string of the molecule is O=C(O)C1=CC(c2ccccc2O)=NCCN1. The van der Waals surface area contributed by atoms with Gasteiger partial charge >= 0.3 is 5.97 Å². The van der Waals surface area contributed by atoms with Crippen LogP contribution in [-0.4, -0.2) is 35.0 Å². The molecule has 0 saturated heterocycles. The molecule has 0 fully saturated rings. The molecule has 0 amide bonds. The molecule has 0 spiro atoms. The normalized spacial score (nSPS) is 15.3. The van der Waals surface area contributed by atoms with Crippen LogP contribution in [-0.2, 0) is 4.79 Å². The van der Waals surface area contributed by atoms with Gasteiger partial charge in [0.05, 0.1) is 12.3 Å². The number of rotatable bonds is 2. The van der Waals surface area contributed by atoms with Gasteiger partial charge in [-0.05, 0) is 18.2 Å². The second-order valence-corrected chi connectivity index (χ2v) is 3.57. The Morgan fingerprint density at radius 2 is 2.12 bits per heavy atom. The standard InChI is InChI=1S/C12H12N2O3/c15-11-4-2-1-3-8(11)9-7-10(12(16)17)14-6-5-13-9/h1-4,7,14-15H,5-6H2,(H,16,17). The molecular weight excluding hydrogens is 220 g/mol. The van der Waals surface area contributed by atoms with Crippen molar-refractivity contribution in [3.05, 3.63) is 41.6 Å². The number of hydrogen-bond donors (Lipinski definition) is 3. The van der Waals surface area contributed by atoms with Crippen LogP contribution in [0.25, 0.3) is 0 Å². The average Bonchev–Trinajstić information content (AvgIpc) is 2.55. The van der Waals surface area contributed by atoms with Crippen LogP contribution in [0, 0.1) is 0 Å². The van der Waals surface area contributed by atoms with Crippen molar-refractivity contribution in [1.29, 1.82) is 0 Å². The smallest absolute Gasteiger partial charge is 0.352 e. The number of nitrogens with zero attached hydrogens (tertiary/aromatic N) is 1. The lowest BCUT2D eigenvalue weighted by atomic mass is 10.1. The van der Waals surface area contributed by atoms with Crippen LogP contribution in [0.4, 0.5) is 0 Å². The van der Waals surface area contributed by atoms with Crippen LogP contribution in [0.2, 0.25) is 0 Å². The fraction of sp³-hybridized carbons (Fsp3) is 0.167. The number of carboxylic acids is 1. The molecule has 2 rings (SSSR count). The first kappa shape index (κ1) is 11.2. The first-order chi connectivity index (χ1) is 8.18. The summed E-state index contributed by atoms with van der Waals surface area (Å²) in [5, 5.41) is 21.4. The Bertz CT molecular complexity index is 506. The lowest BCUT2D eigenvalue weighted by molar-refractivity contribution is -0.133. The second kappa shape index (κ2) is 4.69. The molecule has 0 bridgehead atoms. The van der Waals surface area contributed by atoms with Crippen LogP contribution in [0.1, 0.15) is 5.56 Å². The van der Waals surface area contributed by atoms with Gasteiger partial charge < -0.3 is 15.5 Å². The zero-order chi connectivity index (χ0) is 12.3. The third-order valence-electron chi connectivity index (χ3n) is 2.40. The van der Waals surface area contributed by atoms with E-state index in [9.17, 15) is 9.90 Å². The molecule has 5 heteroatoms. The summed E-state index contributed by atoms with van der Waals surface area (Å²) in [6.45, 7) is 0.937. The zero-order valence-electron chi connectivity index (χ0n) is 9.05. The van der Waals surface area contributed by atoms with Gasteiger partial charge in [0.15, 0.2) is 0 Å². The zero-order valence-corrected chi connectivity index (χ0v) is 9.05. The van der Waals surface area contributed by atoms with Crippen molar-refractivity contribution in [3.63, 3.8) is 0 Å². The fourth-order valence-corrected chi connectivity index (χ4v) is 1.59. The van der Waals surface area contributed by atoms with Crippen molar-refractivity contribution in [1.82, 2.24) is 5.32 Å². The van der Waals surface area contributed by atoms with Crippen LogP contribution < -0.4 is 5.32 Å². The van der Waals surface area contributed by atoms with E-state index < -0.39 is 5.97 Å². The minimum atomic E-state index is -1.03. The van der Waals surface area contributed by atoms with E-state index in [4.69, 9.17) is 5.11 Å². The van der Waals surface area contributed by atoms with Crippen LogP contribution in [0.5, 0.6) is 5.75 Å². The number of aromatic hydroxyl groups is 1. The molecule has 1 aromatic carbocycles. The summed E-state index contributed by atoms with van der Waals surface area (Å²) < 4.78 is 0. The largest absolute Gasteiger partial charge is 0.507 e. The highest BCUT2D eigenvalue weighted by atomic mass is 16.4. The maximum absolute atomic E-state index is 10.9. The molecule has 1 aliphatic heterocycles.